The van der Waals surface area contributed by atoms with Gasteiger partial charge in [0.2, 0.25) is 0 Å². The predicted octanol–water partition coefficient (Wildman–Crippen LogP) is 2.19. The summed E-state index contributed by atoms with van der Waals surface area (Å²) < 4.78 is 5.11. The Morgan fingerprint density at radius 1 is 1.26 bits per heavy atom. The van der Waals surface area contributed by atoms with Crippen LogP contribution in [0.5, 0.6) is 11.5 Å². The Morgan fingerprint density at radius 3 is 2.65 bits per heavy atom. The van der Waals surface area contributed by atoms with Crippen molar-refractivity contribution in [3.63, 3.8) is 0 Å². The molecule has 0 fully saturated rings. The second-order valence-corrected chi connectivity index (χ2v) is 5.27. The molecule has 6 heteroatoms. The maximum absolute atomic E-state index is 12.0. The summed E-state index contributed by atoms with van der Waals surface area (Å²) in [6.07, 6.45) is 2.91. The molecule has 1 heterocycles. The fraction of sp³-hybridized carbons (Fsp3) is 0.235. The minimum absolute atomic E-state index is 0.00720. The molecule has 6 nitrogen and oxygen atoms in total. The number of aromatic hydroxyl groups is 1. The van der Waals surface area contributed by atoms with Gasteiger partial charge in [0.1, 0.15) is 0 Å². The molecule has 0 atom stereocenters. The zero-order chi connectivity index (χ0) is 16.8. The molecular weight excluding hydrogens is 296 g/mol. The average Bonchev–Trinajstić information content (AvgIpc) is 2.55. The molecule has 120 valence electrons. The van der Waals surface area contributed by atoms with E-state index in [2.05, 4.69) is 10.3 Å². The van der Waals surface area contributed by atoms with Crippen molar-refractivity contribution in [1.82, 2.24) is 10.3 Å². The van der Waals surface area contributed by atoms with E-state index in [1.165, 1.54) is 24.4 Å². The average molecular weight is 314 g/mol. The Hall–Kier alpha value is -2.73. The van der Waals surface area contributed by atoms with Gasteiger partial charge in [0, 0.05) is 24.0 Å². The van der Waals surface area contributed by atoms with Crippen molar-refractivity contribution in [1.29, 1.82) is 0 Å². The predicted molar refractivity (Wildman–Crippen MR) is 84.8 cm³/mol. The minimum atomic E-state index is -0.631. The summed E-state index contributed by atoms with van der Waals surface area (Å²) in [5.41, 5.74) is 0.616. The molecule has 0 radical (unpaired) electrons. The van der Waals surface area contributed by atoms with Gasteiger partial charge in [-0.05, 0) is 30.3 Å². The summed E-state index contributed by atoms with van der Waals surface area (Å²) in [4.78, 5) is 27.7. The van der Waals surface area contributed by atoms with Crippen LogP contribution >= 0.6 is 0 Å². The number of ether oxygens (including phenoxy) is 1. The first-order chi connectivity index (χ1) is 11.0. The highest BCUT2D eigenvalue weighted by molar-refractivity contribution is 5.98. The third-order valence-corrected chi connectivity index (χ3v) is 3.05. The van der Waals surface area contributed by atoms with Gasteiger partial charge >= 0.3 is 5.97 Å². The van der Waals surface area contributed by atoms with E-state index < -0.39 is 5.97 Å². The van der Waals surface area contributed by atoms with Crippen LogP contribution in [-0.2, 0) is 0 Å². The summed E-state index contributed by atoms with van der Waals surface area (Å²) >= 11 is 0. The van der Waals surface area contributed by atoms with E-state index in [1.807, 2.05) is 13.8 Å². The lowest BCUT2D eigenvalue weighted by Crippen LogP contribution is -2.29. The van der Waals surface area contributed by atoms with Gasteiger partial charge in [-0.2, -0.15) is 0 Å². The lowest BCUT2D eigenvalue weighted by atomic mass is 10.1. The molecule has 0 unspecified atom stereocenters. The summed E-state index contributed by atoms with van der Waals surface area (Å²) in [7, 11) is 0. The number of rotatable bonds is 6. The molecular formula is C17H18N2O4. The number of nitrogens with zero attached hydrogens (tertiary/aromatic N) is 1. The Kier molecular flexibility index (Phi) is 5.43. The van der Waals surface area contributed by atoms with Crippen molar-refractivity contribution in [2.24, 2.45) is 0 Å². The van der Waals surface area contributed by atoms with Crippen molar-refractivity contribution in [3.8, 4) is 11.5 Å². The van der Waals surface area contributed by atoms with Crippen LogP contribution in [0.25, 0.3) is 0 Å². The SMILES string of the molecule is CC(C)NCC(=O)c1ccc(OC(=O)c2cccnc2)c(O)c1. The van der Waals surface area contributed by atoms with Crippen LogP contribution in [0.1, 0.15) is 34.6 Å². The van der Waals surface area contributed by atoms with Gasteiger partial charge in [0.15, 0.2) is 17.3 Å². The molecule has 2 aromatic rings. The first-order valence-corrected chi connectivity index (χ1v) is 7.19. The molecule has 0 spiro atoms. The third kappa shape index (κ3) is 4.62. The largest absolute Gasteiger partial charge is 0.504 e. The van der Waals surface area contributed by atoms with Gasteiger partial charge in [0.05, 0.1) is 12.1 Å². The molecule has 0 amide bonds. The fourth-order valence-electron chi connectivity index (χ4n) is 1.82. The van der Waals surface area contributed by atoms with E-state index in [-0.39, 0.29) is 35.4 Å². The molecule has 0 saturated heterocycles. The second-order valence-electron chi connectivity index (χ2n) is 5.27. The van der Waals surface area contributed by atoms with Gasteiger partial charge in [-0.1, -0.05) is 13.8 Å². The molecule has 0 aliphatic rings. The quantitative estimate of drug-likeness (QED) is 0.483. The van der Waals surface area contributed by atoms with E-state index in [4.69, 9.17) is 4.74 Å². The van der Waals surface area contributed by atoms with Crippen LogP contribution in [0.2, 0.25) is 0 Å². The van der Waals surface area contributed by atoms with E-state index in [0.29, 0.717) is 5.56 Å². The van der Waals surface area contributed by atoms with E-state index >= 15 is 0 Å². The number of ketones is 1. The van der Waals surface area contributed by atoms with Crippen LogP contribution in [0.15, 0.2) is 42.7 Å². The molecule has 2 rings (SSSR count). The molecule has 23 heavy (non-hydrogen) atoms. The highest BCUT2D eigenvalue weighted by atomic mass is 16.5. The van der Waals surface area contributed by atoms with E-state index in [0.717, 1.165) is 0 Å². The number of esters is 1. The number of nitrogens with one attached hydrogen (secondary N) is 1. The van der Waals surface area contributed by atoms with Crippen LogP contribution in [0, 0.1) is 0 Å². The standard InChI is InChI=1S/C17H18N2O4/c1-11(2)19-10-15(21)12-5-6-16(14(20)8-12)23-17(22)13-4-3-7-18-9-13/h3-9,11,19-20H,10H2,1-2H3. The first-order valence-electron chi connectivity index (χ1n) is 7.19. The number of aromatic nitrogens is 1. The van der Waals surface area contributed by atoms with E-state index in [9.17, 15) is 14.7 Å². The Morgan fingerprint density at radius 2 is 2.04 bits per heavy atom. The number of benzene rings is 1. The van der Waals surface area contributed by atoms with Gasteiger partial charge in [-0.25, -0.2) is 4.79 Å². The highest BCUT2D eigenvalue weighted by Crippen LogP contribution is 2.27. The van der Waals surface area contributed by atoms with Crippen molar-refractivity contribution < 1.29 is 19.4 Å². The van der Waals surface area contributed by atoms with Crippen molar-refractivity contribution in [2.75, 3.05) is 6.54 Å². The number of pyridine rings is 1. The first kappa shape index (κ1) is 16.6. The maximum Gasteiger partial charge on any atom is 0.345 e. The number of Topliss-reactive ketones (excluding diaryl/α,β-unsaturated/α-hetero) is 1. The van der Waals surface area contributed by atoms with Crippen LogP contribution in [0.3, 0.4) is 0 Å². The molecule has 0 bridgehead atoms. The Balaban J connectivity index is 2.07. The topological polar surface area (TPSA) is 88.5 Å². The Bertz CT molecular complexity index is 699. The second kappa shape index (κ2) is 7.51. The monoisotopic (exact) mass is 314 g/mol. The zero-order valence-corrected chi connectivity index (χ0v) is 12.9. The van der Waals surface area contributed by atoms with Gasteiger partial charge in [-0.3, -0.25) is 9.78 Å². The summed E-state index contributed by atoms with van der Waals surface area (Å²) in [5.74, 6) is -1.06. The van der Waals surface area contributed by atoms with Gasteiger partial charge < -0.3 is 15.2 Å². The van der Waals surface area contributed by atoms with Crippen LogP contribution in [-0.4, -0.2) is 34.4 Å². The summed E-state index contributed by atoms with van der Waals surface area (Å²) in [5, 5.41) is 13.0. The number of hydrogen-bond donors (Lipinski definition) is 2. The molecule has 1 aromatic carbocycles. The fourth-order valence-corrected chi connectivity index (χ4v) is 1.82. The number of phenolic OH excluding ortho intramolecular Hbond substituents is 1. The van der Waals surface area contributed by atoms with Crippen LogP contribution in [0.4, 0.5) is 0 Å². The Labute approximate surface area is 134 Å². The molecule has 2 N–H and O–H groups in total. The maximum atomic E-state index is 12.0. The number of carbonyl (C=O) groups excluding carboxylic acids is 2. The van der Waals surface area contributed by atoms with Crippen molar-refractivity contribution in [2.45, 2.75) is 19.9 Å². The molecule has 0 saturated carbocycles. The number of hydrogen-bond acceptors (Lipinski definition) is 6. The molecule has 0 aliphatic carbocycles. The van der Waals surface area contributed by atoms with E-state index in [1.54, 1.807) is 18.3 Å². The zero-order valence-electron chi connectivity index (χ0n) is 12.9. The number of carbonyl (C=O) groups is 2. The van der Waals surface area contributed by atoms with Gasteiger partial charge in [-0.15, -0.1) is 0 Å². The lowest BCUT2D eigenvalue weighted by molar-refractivity contribution is 0.0729. The third-order valence-electron chi connectivity index (χ3n) is 3.05. The van der Waals surface area contributed by atoms with Gasteiger partial charge in [0.25, 0.3) is 0 Å². The minimum Gasteiger partial charge on any atom is -0.504 e. The molecule has 1 aromatic heterocycles. The molecule has 0 aliphatic heterocycles. The summed E-state index contributed by atoms with van der Waals surface area (Å²) in [6, 6.07) is 7.55. The normalized spacial score (nSPS) is 10.6. The van der Waals surface area contributed by atoms with Crippen molar-refractivity contribution >= 4 is 11.8 Å². The highest BCUT2D eigenvalue weighted by Gasteiger charge is 2.14. The van der Waals surface area contributed by atoms with Crippen molar-refractivity contribution in [3.05, 3.63) is 53.9 Å². The number of phenols is 1. The lowest BCUT2D eigenvalue weighted by Gasteiger charge is -2.09. The summed E-state index contributed by atoms with van der Waals surface area (Å²) in [6.45, 7) is 4.05. The smallest absolute Gasteiger partial charge is 0.345 e. The van der Waals surface area contributed by atoms with Crippen LogP contribution < -0.4 is 10.1 Å².